The molecular formula is C12H20N4O3S. The molecule has 0 radical (unpaired) electrons. The van der Waals surface area contributed by atoms with E-state index in [1.54, 1.807) is 7.05 Å². The van der Waals surface area contributed by atoms with Gasteiger partial charge in [-0.3, -0.25) is 4.79 Å². The van der Waals surface area contributed by atoms with Crippen molar-refractivity contribution in [3.8, 4) is 0 Å². The summed E-state index contributed by atoms with van der Waals surface area (Å²) in [5.41, 5.74) is 0. The summed E-state index contributed by atoms with van der Waals surface area (Å²) >= 11 is 0. The SMILES string of the molecule is CNc1cc(S(=O)(=O)NCC(=O)NCC(C)C)ccn1. The van der Waals surface area contributed by atoms with E-state index >= 15 is 0 Å². The second kappa shape index (κ2) is 7.20. The van der Waals surface area contributed by atoms with Gasteiger partial charge in [0.25, 0.3) is 0 Å². The fourth-order valence-electron chi connectivity index (χ4n) is 1.34. The molecule has 0 aliphatic heterocycles. The highest BCUT2D eigenvalue weighted by atomic mass is 32.2. The van der Waals surface area contributed by atoms with Gasteiger partial charge in [0.1, 0.15) is 5.82 Å². The molecule has 1 rings (SSSR count). The average Bonchev–Trinajstić information content (AvgIpc) is 2.43. The molecule has 0 fully saturated rings. The van der Waals surface area contributed by atoms with E-state index in [0.29, 0.717) is 18.3 Å². The second-order valence-electron chi connectivity index (χ2n) is 4.65. The van der Waals surface area contributed by atoms with Crippen LogP contribution in [0, 0.1) is 5.92 Å². The lowest BCUT2D eigenvalue weighted by Gasteiger charge is -2.09. The highest BCUT2D eigenvalue weighted by Crippen LogP contribution is 2.11. The van der Waals surface area contributed by atoms with Crippen LogP contribution in [0.15, 0.2) is 23.2 Å². The van der Waals surface area contributed by atoms with Crippen LogP contribution in [0.5, 0.6) is 0 Å². The zero-order valence-electron chi connectivity index (χ0n) is 11.8. The van der Waals surface area contributed by atoms with E-state index in [4.69, 9.17) is 0 Å². The van der Waals surface area contributed by atoms with Crippen molar-refractivity contribution in [1.29, 1.82) is 0 Å². The number of hydrogen-bond acceptors (Lipinski definition) is 5. The summed E-state index contributed by atoms with van der Waals surface area (Å²) in [7, 11) is -2.07. The van der Waals surface area contributed by atoms with Crippen LogP contribution in [0.1, 0.15) is 13.8 Å². The molecule has 7 nitrogen and oxygen atoms in total. The summed E-state index contributed by atoms with van der Waals surface area (Å²) in [4.78, 5) is 15.5. The fourth-order valence-corrected chi connectivity index (χ4v) is 2.33. The van der Waals surface area contributed by atoms with Crippen molar-refractivity contribution in [2.45, 2.75) is 18.7 Å². The molecule has 0 unspecified atom stereocenters. The van der Waals surface area contributed by atoms with Crippen LogP contribution in [0.3, 0.4) is 0 Å². The molecule has 0 aromatic carbocycles. The number of aromatic nitrogens is 1. The number of hydrogen-bond donors (Lipinski definition) is 3. The van der Waals surface area contributed by atoms with Gasteiger partial charge in [0.2, 0.25) is 15.9 Å². The molecule has 1 aromatic heterocycles. The highest BCUT2D eigenvalue weighted by molar-refractivity contribution is 7.89. The van der Waals surface area contributed by atoms with Gasteiger partial charge in [-0.05, 0) is 12.0 Å². The zero-order valence-corrected chi connectivity index (χ0v) is 12.6. The third-order valence-electron chi connectivity index (χ3n) is 2.43. The number of pyridine rings is 1. The largest absolute Gasteiger partial charge is 0.373 e. The maximum Gasteiger partial charge on any atom is 0.241 e. The van der Waals surface area contributed by atoms with Gasteiger partial charge < -0.3 is 10.6 Å². The number of nitrogens with one attached hydrogen (secondary N) is 3. The van der Waals surface area contributed by atoms with Crippen LogP contribution in [0.4, 0.5) is 5.82 Å². The van der Waals surface area contributed by atoms with E-state index in [2.05, 4.69) is 20.3 Å². The van der Waals surface area contributed by atoms with Crippen LogP contribution >= 0.6 is 0 Å². The lowest BCUT2D eigenvalue weighted by atomic mass is 10.2. The van der Waals surface area contributed by atoms with Gasteiger partial charge in [0.05, 0.1) is 11.4 Å². The Bertz CT molecular complexity index is 558. The van der Waals surface area contributed by atoms with E-state index < -0.39 is 10.0 Å². The van der Waals surface area contributed by atoms with Gasteiger partial charge in [-0.2, -0.15) is 0 Å². The number of rotatable bonds is 7. The van der Waals surface area contributed by atoms with Gasteiger partial charge in [-0.1, -0.05) is 13.8 Å². The van der Waals surface area contributed by atoms with Gasteiger partial charge in [0, 0.05) is 25.9 Å². The zero-order chi connectivity index (χ0) is 15.2. The minimum Gasteiger partial charge on any atom is -0.373 e. The molecule has 20 heavy (non-hydrogen) atoms. The Morgan fingerprint density at radius 2 is 2.10 bits per heavy atom. The van der Waals surface area contributed by atoms with Crippen molar-refractivity contribution < 1.29 is 13.2 Å². The Kier molecular flexibility index (Phi) is 5.90. The van der Waals surface area contributed by atoms with Crippen molar-refractivity contribution in [2.75, 3.05) is 25.5 Å². The molecule has 0 saturated carbocycles. The Hall–Kier alpha value is -1.67. The average molecular weight is 300 g/mol. The first-order chi connectivity index (χ1) is 9.35. The summed E-state index contributed by atoms with van der Waals surface area (Å²) in [6.45, 7) is 4.15. The Labute approximate surface area is 119 Å². The maximum absolute atomic E-state index is 12.0. The van der Waals surface area contributed by atoms with Crippen molar-refractivity contribution in [3.05, 3.63) is 18.3 Å². The summed E-state index contributed by atoms with van der Waals surface area (Å²) in [6, 6.07) is 2.77. The molecule has 112 valence electrons. The van der Waals surface area contributed by atoms with Crippen molar-refractivity contribution in [3.63, 3.8) is 0 Å². The topological polar surface area (TPSA) is 100 Å². The highest BCUT2D eigenvalue weighted by Gasteiger charge is 2.16. The molecule has 0 bridgehead atoms. The van der Waals surface area contributed by atoms with Crippen LogP contribution in [-0.2, 0) is 14.8 Å². The van der Waals surface area contributed by atoms with E-state index in [1.807, 2.05) is 13.8 Å². The van der Waals surface area contributed by atoms with E-state index in [-0.39, 0.29) is 17.3 Å². The first-order valence-corrected chi connectivity index (χ1v) is 7.73. The minimum absolute atomic E-state index is 0.0634. The number of carbonyl (C=O) groups excluding carboxylic acids is 1. The fraction of sp³-hybridized carbons (Fsp3) is 0.500. The van der Waals surface area contributed by atoms with Crippen molar-refractivity contribution in [1.82, 2.24) is 15.0 Å². The van der Waals surface area contributed by atoms with Gasteiger partial charge in [0.15, 0.2) is 0 Å². The number of anilines is 1. The van der Waals surface area contributed by atoms with Crippen LogP contribution < -0.4 is 15.4 Å². The van der Waals surface area contributed by atoms with Gasteiger partial charge >= 0.3 is 0 Å². The van der Waals surface area contributed by atoms with E-state index in [0.717, 1.165) is 0 Å². The van der Waals surface area contributed by atoms with Crippen LogP contribution in [0.2, 0.25) is 0 Å². The lowest BCUT2D eigenvalue weighted by molar-refractivity contribution is -0.120. The van der Waals surface area contributed by atoms with Gasteiger partial charge in [-0.15, -0.1) is 0 Å². The Morgan fingerprint density at radius 3 is 2.70 bits per heavy atom. The first-order valence-electron chi connectivity index (χ1n) is 6.25. The number of sulfonamides is 1. The Balaban J connectivity index is 2.63. The number of amides is 1. The summed E-state index contributed by atoms with van der Waals surface area (Å²) in [6.07, 6.45) is 1.39. The molecule has 1 aromatic rings. The van der Waals surface area contributed by atoms with E-state index in [9.17, 15) is 13.2 Å². The molecule has 1 heterocycles. The summed E-state index contributed by atoms with van der Waals surface area (Å²) < 4.78 is 26.2. The predicted molar refractivity (Wildman–Crippen MR) is 76.8 cm³/mol. The normalized spacial score (nSPS) is 11.4. The third kappa shape index (κ3) is 5.14. The summed E-state index contributed by atoms with van der Waals surface area (Å²) in [5.74, 6) is 0.399. The predicted octanol–water partition coefficient (Wildman–Crippen LogP) is 0.174. The van der Waals surface area contributed by atoms with Crippen molar-refractivity contribution >= 4 is 21.7 Å². The monoisotopic (exact) mass is 300 g/mol. The molecule has 0 saturated heterocycles. The maximum atomic E-state index is 12.0. The van der Waals surface area contributed by atoms with Crippen molar-refractivity contribution in [2.24, 2.45) is 5.92 Å². The summed E-state index contributed by atoms with van der Waals surface area (Å²) in [5, 5.41) is 5.39. The van der Waals surface area contributed by atoms with Gasteiger partial charge in [-0.25, -0.2) is 18.1 Å². The minimum atomic E-state index is -3.72. The number of nitrogens with zero attached hydrogens (tertiary/aromatic N) is 1. The van der Waals surface area contributed by atoms with Crippen LogP contribution in [0.25, 0.3) is 0 Å². The third-order valence-corrected chi connectivity index (χ3v) is 3.83. The molecule has 0 aliphatic carbocycles. The quantitative estimate of drug-likeness (QED) is 0.666. The molecule has 1 amide bonds. The van der Waals surface area contributed by atoms with E-state index in [1.165, 1.54) is 18.3 Å². The Morgan fingerprint density at radius 1 is 1.40 bits per heavy atom. The lowest BCUT2D eigenvalue weighted by Crippen LogP contribution is -2.38. The second-order valence-corrected chi connectivity index (χ2v) is 6.42. The molecule has 3 N–H and O–H groups in total. The molecule has 8 heteroatoms. The smallest absolute Gasteiger partial charge is 0.241 e. The van der Waals surface area contributed by atoms with Crippen LogP contribution in [-0.4, -0.2) is 39.4 Å². The number of carbonyl (C=O) groups is 1. The molecule has 0 spiro atoms. The molecular weight excluding hydrogens is 280 g/mol. The molecule has 0 atom stereocenters. The molecule has 0 aliphatic rings. The standard InChI is InChI=1S/C12H20N4O3S/c1-9(2)7-15-12(17)8-16-20(18,19)10-4-5-14-11(6-10)13-3/h4-6,9,16H,7-8H2,1-3H3,(H,13,14)(H,15,17). The first kappa shape index (κ1) is 16.4.